The molecule has 0 radical (unpaired) electrons. The van der Waals surface area contributed by atoms with Gasteiger partial charge in [-0.2, -0.15) is 0 Å². The number of rotatable bonds is 9. The molecule has 2 aromatic rings. The molecular formula is C31H42N4. The zero-order chi connectivity index (χ0) is 25.1. The fourth-order valence-electron chi connectivity index (χ4n) is 5.94. The second-order valence-electron chi connectivity index (χ2n) is 9.91. The first kappa shape index (κ1) is 25.2. The van der Waals surface area contributed by atoms with Crippen molar-refractivity contribution in [3.8, 4) is 0 Å². The van der Waals surface area contributed by atoms with Crippen molar-refractivity contribution in [1.82, 2.24) is 15.3 Å². The molecule has 35 heavy (non-hydrogen) atoms. The Bertz CT molecular complexity index is 1190. The summed E-state index contributed by atoms with van der Waals surface area (Å²) < 4.78 is 0. The Balaban J connectivity index is 1.68. The molecule has 186 valence electrons. The van der Waals surface area contributed by atoms with Gasteiger partial charge in [0.25, 0.3) is 0 Å². The lowest BCUT2D eigenvalue weighted by Crippen LogP contribution is -2.26. The largest absolute Gasteiger partial charge is 0.378 e. The molecule has 2 aliphatic heterocycles. The third-order valence-electron chi connectivity index (χ3n) is 8.05. The van der Waals surface area contributed by atoms with Crippen LogP contribution in [0, 0.1) is 0 Å². The van der Waals surface area contributed by atoms with E-state index in [1.165, 1.54) is 56.2 Å². The second kappa shape index (κ2) is 10.8. The summed E-state index contributed by atoms with van der Waals surface area (Å²) in [7, 11) is 0. The summed E-state index contributed by atoms with van der Waals surface area (Å²) in [4.78, 5) is 13.4. The zero-order valence-corrected chi connectivity index (χ0v) is 22.7. The number of aromatic nitrogens is 2. The molecule has 0 fully saturated rings. The fourth-order valence-corrected chi connectivity index (χ4v) is 5.94. The van der Waals surface area contributed by atoms with Gasteiger partial charge in [-0.1, -0.05) is 33.8 Å². The van der Waals surface area contributed by atoms with E-state index in [-0.39, 0.29) is 6.04 Å². The number of pyridine rings is 1. The number of nitrogens with zero attached hydrogens (tertiary/aromatic N) is 2. The van der Waals surface area contributed by atoms with Crippen LogP contribution in [-0.2, 0) is 25.7 Å². The van der Waals surface area contributed by atoms with Crippen molar-refractivity contribution >= 4 is 11.8 Å². The van der Waals surface area contributed by atoms with Crippen molar-refractivity contribution < 1.29 is 0 Å². The molecule has 0 bridgehead atoms. The van der Waals surface area contributed by atoms with Crippen LogP contribution in [0.5, 0.6) is 0 Å². The predicted molar refractivity (Wildman–Crippen MR) is 149 cm³/mol. The predicted octanol–water partition coefficient (Wildman–Crippen LogP) is 6.93. The van der Waals surface area contributed by atoms with E-state index in [0.717, 1.165) is 44.2 Å². The number of hydrogen-bond donors (Lipinski definition) is 2. The van der Waals surface area contributed by atoms with Gasteiger partial charge < -0.3 is 10.3 Å². The van der Waals surface area contributed by atoms with Crippen molar-refractivity contribution in [2.75, 3.05) is 0 Å². The maximum absolute atomic E-state index is 4.97. The number of hydrogen-bond acceptors (Lipinski definition) is 3. The normalized spacial score (nSPS) is 21.3. The molecule has 0 aliphatic carbocycles. The highest BCUT2D eigenvalue weighted by molar-refractivity contribution is 6.00. The molecule has 0 saturated heterocycles. The van der Waals surface area contributed by atoms with Crippen molar-refractivity contribution in [2.24, 2.45) is 4.99 Å². The van der Waals surface area contributed by atoms with Crippen molar-refractivity contribution in [3.63, 3.8) is 0 Å². The van der Waals surface area contributed by atoms with Crippen molar-refractivity contribution in [1.29, 1.82) is 0 Å². The first-order chi connectivity index (χ1) is 16.9. The number of allylic oxidation sites excluding steroid dienone is 2. The molecule has 4 rings (SSSR count). The number of aliphatic imine (C=N–C) groups is 1. The topological polar surface area (TPSA) is 53.1 Å². The van der Waals surface area contributed by atoms with E-state index in [1.807, 2.05) is 12.3 Å². The van der Waals surface area contributed by atoms with Gasteiger partial charge in [0.2, 0.25) is 0 Å². The first-order valence-electron chi connectivity index (χ1n) is 13.5. The molecule has 4 heteroatoms. The lowest BCUT2D eigenvalue weighted by molar-refractivity contribution is 0.650. The molecular weight excluding hydrogens is 428 g/mol. The summed E-state index contributed by atoms with van der Waals surface area (Å²) in [5, 5.41) is 3.88. The van der Waals surface area contributed by atoms with Crippen LogP contribution in [-0.4, -0.2) is 27.8 Å². The summed E-state index contributed by atoms with van der Waals surface area (Å²) >= 11 is 0. The highest BCUT2D eigenvalue weighted by Crippen LogP contribution is 2.34. The third kappa shape index (κ3) is 4.94. The summed E-state index contributed by atoms with van der Waals surface area (Å²) in [6, 6.07) is 6.77. The van der Waals surface area contributed by atoms with E-state index >= 15 is 0 Å². The zero-order valence-electron chi connectivity index (χ0n) is 22.7. The van der Waals surface area contributed by atoms with E-state index < -0.39 is 0 Å². The number of H-pyrrole nitrogens is 1. The smallest absolute Gasteiger partial charge is 0.0770 e. The average Bonchev–Trinajstić information content (AvgIpc) is 3.46. The van der Waals surface area contributed by atoms with Crippen LogP contribution in [0.15, 0.2) is 57.4 Å². The molecule has 0 amide bonds. The van der Waals surface area contributed by atoms with Gasteiger partial charge in [0.05, 0.1) is 12.1 Å². The van der Waals surface area contributed by atoms with Gasteiger partial charge in [-0.25, -0.2) is 0 Å². The summed E-state index contributed by atoms with van der Waals surface area (Å²) in [6.07, 6.45) is 10.3. The Labute approximate surface area is 211 Å². The Hall–Kier alpha value is -2.88. The van der Waals surface area contributed by atoms with E-state index in [9.17, 15) is 0 Å². The Morgan fingerprint density at radius 3 is 2.26 bits per heavy atom. The minimum absolute atomic E-state index is 0.259. The van der Waals surface area contributed by atoms with Crippen molar-refractivity contribution in [2.45, 2.75) is 99.1 Å². The van der Waals surface area contributed by atoms with E-state index in [2.05, 4.69) is 82.0 Å². The van der Waals surface area contributed by atoms with Crippen LogP contribution in [0.2, 0.25) is 0 Å². The lowest BCUT2D eigenvalue weighted by atomic mass is 9.96. The van der Waals surface area contributed by atoms with Gasteiger partial charge in [-0.05, 0) is 98.1 Å². The Morgan fingerprint density at radius 2 is 1.69 bits per heavy atom. The monoisotopic (exact) mass is 470 g/mol. The van der Waals surface area contributed by atoms with Crippen LogP contribution in [0.1, 0.15) is 89.5 Å². The molecule has 4 nitrogen and oxygen atoms in total. The molecule has 0 spiro atoms. The molecule has 0 aromatic carbocycles. The second-order valence-corrected chi connectivity index (χ2v) is 9.91. The van der Waals surface area contributed by atoms with Crippen molar-refractivity contribution in [3.05, 3.63) is 80.6 Å². The molecule has 4 heterocycles. The fraction of sp³-hybridized carbons (Fsp3) is 0.484. The SMILES string of the molecule is CCC1=C(CC)C(Cc2ccccn2)N/C1=C\c1[nH]c(CC2N=C(C)C(C)=C2C)c(CC)c1CC. The molecule has 2 unspecified atom stereocenters. The first-order valence-corrected chi connectivity index (χ1v) is 13.5. The Kier molecular flexibility index (Phi) is 7.78. The molecule has 2 N–H and O–H groups in total. The minimum atomic E-state index is 0.259. The van der Waals surface area contributed by atoms with Crippen LogP contribution in [0.25, 0.3) is 6.08 Å². The van der Waals surface area contributed by atoms with Crippen LogP contribution < -0.4 is 5.32 Å². The quantitative estimate of drug-likeness (QED) is 0.417. The van der Waals surface area contributed by atoms with Gasteiger partial charge in [0.15, 0.2) is 0 Å². The highest BCUT2D eigenvalue weighted by Gasteiger charge is 2.28. The van der Waals surface area contributed by atoms with Crippen LogP contribution >= 0.6 is 0 Å². The van der Waals surface area contributed by atoms with Gasteiger partial charge in [-0.3, -0.25) is 9.98 Å². The summed E-state index contributed by atoms with van der Waals surface area (Å²) in [5.41, 5.74) is 14.9. The van der Waals surface area contributed by atoms with Gasteiger partial charge >= 0.3 is 0 Å². The Morgan fingerprint density at radius 1 is 0.914 bits per heavy atom. The van der Waals surface area contributed by atoms with E-state index in [0.29, 0.717) is 6.04 Å². The summed E-state index contributed by atoms with van der Waals surface area (Å²) in [6.45, 7) is 15.7. The molecule has 0 saturated carbocycles. The number of nitrogens with one attached hydrogen (secondary N) is 2. The van der Waals surface area contributed by atoms with E-state index in [4.69, 9.17) is 4.99 Å². The van der Waals surface area contributed by atoms with Crippen LogP contribution in [0.4, 0.5) is 0 Å². The van der Waals surface area contributed by atoms with Gasteiger partial charge in [0.1, 0.15) is 0 Å². The maximum Gasteiger partial charge on any atom is 0.0770 e. The summed E-state index contributed by atoms with van der Waals surface area (Å²) in [5.74, 6) is 0. The third-order valence-corrected chi connectivity index (χ3v) is 8.05. The van der Waals surface area contributed by atoms with E-state index in [1.54, 1.807) is 0 Å². The van der Waals surface area contributed by atoms with Crippen LogP contribution in [0.3, 0.4) is 0 Å². The molecule has 2 aromatic heterocycles. The maximum atomic E-state index is 4.97. The minimum Gasteiger partial charge on any atom is -0.378 e. The lowest BCUT2D eigenvalue weighted by Gasteiger charge is -2.15. The molecule has 2 atom stereocenters. The average molecular weight is 471 g/mol. The standard InChI is InChI=1S/C31H42N4/c1-8-23-24(9-2)30(34-28(23)16-22-14-12-13-15-32-22)18-31-26(11-4)25(10-3)29(35-31)17-27-20(6)19(5)21(7)33-27/h12-15,18,27-28,34-35H,8-11,16-17H2,1-7H3/b30-18-. The molecule has 2 aliphatic rings. The van der Waals surface area contributed by atoms with Gasteiger partial charge in [-0.15, -0.1) is 0 Å². The van der Waals surface area contributed by atoms with Gasteiger partial charge in [0, 0.05) is 47.5 Å². The highest BCUT2D eigenvalue weighted by atomic mass is 15.0. The number of aromatic amines is 1.